The van der Waals surface area contributed by atoms with E-state index in [0.717, 1.165) is 6.42 Å². The van der Waals surface area contributed by atoms with Crippen LogP contribution in [-0.2, 0) is 27.7 Å². The van der Waals surface area contributed by atoms with Gasteiger partial charge in [0, 0.05) is 10.9 Å². The van der Waals surface area contributed by atoms with Gasteiger partial charge in [0.2, 0.25) is 5.88 Å². The van der Waals surface area contributed by atoms with Gasteiger partial charge in [-0.2, -0.15) is 21.6 Å². The smallest absolute Gasteiger partial charge is 0.462 e. The van der Waals surface area contributed by atoms with Crippen molar-refractivity contribution in [3.63, 3.8) is 0 Å². The lowest BCUT2D eigenvalue weighted by atomic mass is 9.89. The minimum Gasteiger partial charge on any atom is -0.462 e. The largest absolute Gasteiger partial charge is 0.534 e. The predicted octanol–water partition coefficient (Wildman–Crippen LogP) is 3.52. The molecule has 0 saturated carbocycles. The molecule has 1 aromatic heterocycles. The normalized spacial score (nSPS) is 14.7. The summed E-state index contributed by atoms with van der Waals surface area (Å²) >= 11 is 0. The molecular formula is C17H16F3NO5S. The standard InChI is InChI=1S/C17H16F3NO5S/c1-2-25-16(22)10-7-8-14-13(9-10)11-5-3-4-6-12(11)15(21-14)26-27(23,24)17(18,19)20/h7-9H,2-6H2,1H3. The van der Waals surface area contributed by atoms with E-state index in [1.54, 1.807) is 13.0 Å². The molecule has 0 unspecified atom stereocenters. The molecular weight excluding hydrogens is 387 g/mol. The summed E-state index contributed by atoms with van der Waals surface area (Å²) in [6.45, 7) is 1.88. The molecule has 0 spiro atoms. The Morgan fingerprint density at radius 3 is 2.48 bits per heavy atom. The molecule has 0 radical (unpaired) electrons. The van der Waals surface area contributed by atoms with Crippen molar-refractivity contribution in [3.05, 3.63) is 34.9 Å². The van der Waals surface area contributed by atoms with Crippen molar-refractivity contribution in [3.8, 4) is 5.88 Å². The quantitative estimate of drug-likeness (QED) is 0.441. The van der Waals surface area contributed by atoms with Crippen LogP contribution in [0.5, 0.6) is 5.88 Å². The molecule has 27 heavy (non-hydrogen) atoms. The number of aromatic nitrogens is 1. The summed E-state index contributed by atoms with van der Waals surface area (Å²) in [6, 6.07) is 4.42. The molecule has 6 nitrogen and oxygen atoms in total. The fourth-order valence-electron chi connectivity index (χ4n) is 3.05. The maximum Gasteiger partial charge on any atom is 0.534 e. The van der Waals surface area contributed by atoms with Gasteiger partial charge in [-0.15, -0.1) is 0 Å². The maximum absolute atomic E-state index is 12.7. The highest BCUT2D eigenvalue weighted by Crippen LogP contribution is 2.36. The van der Waals surface area contributed by atoms with E-state index in [1.807, 2.05) is 0 Å². The number of halogens is 3. The number of esters is 1. The fourth-order valence-corrected chi connectivity index (χ4v) is 3.49. The van der Waals surface area contributed by atoms with Crippen molar-refractivity contribution in [2.75, 3.05) is 6.61 Å². The van der Waals surface area contributed by atoms with E-state index in [1.165, 1.54) is 12.1 Å². The predicted molar refractivity (Wildman–Crippen MR) is 89.9 cm³/mol. The first-order chi connectivity index (χ1) is 12.6. The summed E-state index contributed by atoms with van der Waals surface area (Å²) < 4.78 is 70.2. The van der Waals surface area contributed by atoms with Crippen LogP contribution < -0.4 is 4.18 Å². The van der Waals surface area contributed by atoms with Gasteiger partial charge in [0.15, 0.2) is 0 Å². The molecule has 0 saturated heterocycles. The molecule has 0 aliphatic heterocycles. The number of hydrogen-bond donors (Lipinski definition) is 0. The Morgan fingerprint density at radius 2 is 1.85 bits per heavy atom. The lowest BCUT2D eigenvalue weighted by molar-refractivity contribution is -0.0501. The molecule has 10 heteroatoms. The van der Waals surface area contributed by atoms with Crippen LogP contribution in [0.15, 0.2) is 18.2 Å². The number of nitrogens with zero attached hydrogens (tertiary/aromatic N) is 1. The highest BCUT2D eigenvalue weighted by Gasteiger charge is 2.49. The van der Waals surface area contributed by atoms with Gasteiger partial charge in [-0.25, -0.2) is 9.78 Å². The average molecular weight is 403 g/mol. The molecule has 0 fully saturated rings. The minimum atomic E-state index is -5.82. The Morgan fingerprint density at radius 1 is 1.19 bits per heavy atom. The second kappa shape index (κ2) is 6.99. The monoisotopic (exact) mass is 403 g/mol. The Kier molecular flexibility index (Phi) is 5.02. The van der Waals surface area contributed by atoms with Crippen LogP contribution in [0.25, 0.3) is 10.9 Å². The zero-order chi connectivity index (χ0) is 19.8. The second-order valence-electron chi connectivity index (χ2n) is 6.02. The van der Waals surface area contributed by atoms with Crippen LogP contribution in [0.3, 0.4) is 0 Å². The number of rotatable bonds is 4. The van der Waals surface area contributed by atoms with Gasteiger partial charge in [-0.1, -0.05) is 0 Å². The van der Waals surface area contributed by atoms with Gasteiger partial charge in [0.1, 0.15) is 0 Å². The molecule has 1 aliphatic rings. The maximum atomic E-state index is 12.7. The highest BCUT2D eigenvalue weighted by atomic mass is 32.2. The van der Waals surface area contributed by atoms with Crippen LogP contribution in [0, 0.1) is 0 Å². The van der Waals surface area contributed by atoms with Gasteiger partial charge in [0.05, 0.1) is 17.7 Å². The molecule has 1 heterocycles. The third-order valence-electron chi connectivity index (χ3n) is 4.25. The van der Waals surface area contributed by atoms with Gasteiger partial charge in [-0.05, 0) is 56.4 Å². The van der Waals surface area contributed by atoms with Crippen molar-refractivity contribution in [2.24, 2.45) is 0 Å². The first-order valence-electron chi connectivity index (χ1n) is 8.27. The van der Waals surface area contributed by atoms with Crippen molar-refractivity contribution in [1.82, 2.24) is 4.98 Å². The van der Waals surface area contributed by atoms with Crippen LogP contribution in [-0.4, -0.2) is 31.5 Å². The molecule has 146 valence electrons. The Labute approximate surface area is 153 Å². The summed E-state index contributed by atoms with van der Waals surface area (Å²) in [4.78, 5) is 15.9. The number of hydrogen-bond acceptors (Lipinski definition) is 6. The van der Waals surface area contributed by atoms with Crippen molar-refractivity contribution in [1.29, 1.82) is 0 Å². The second-order valence-corrected chi connectivity index (χ2v) is 7.55. The summed E-state index contributed by atoms with van der Waals surface area (Å²) in [7, 11) is -5.82. The highest BCUT2D eigenvalue weighted by molar-refractivity contribution is 7.87. The summed E-state index contributed by atoms with van der Waals surface area (Å²) in [5.74, 6) is -1.08. The Balaban J connectivity index is 2.15. The lowest BCUT2D eigenvalue weighted by Crippen LogP contribution is -2.29. The van der Waals surface area contributed by atoms with Crippen molar-refractivity contribution in [2.45, 2.75) is 38.1 Å². The minimum absolute atomic E-state index is 0.204. The number of alkyl halides is 3. The molecule has 0 bridgehead atoms. The van der Waals surface area contributed by atoms with E-state index in [9.17, 15) is 26.4 Å². The number of carbonyl (C=O) groups excluding carboxylic acids is 1. The average Bonchev–Trinajstić information content (AvgIpc) is 2.60. The topological polar surface area (TPSA) is 82.6 Å². The van der Waals surface area contributed by atoms with Crippen LogP contribution in [0.2, 0.25) is 0 Å². The van der Waals surface area contributed by atoms with Crippen molar-refractivity contribution < 1.29 is 35.3 Å². The molecule has 0 N–H and O–H groups in total. The third-order valence-corrected chi connectivity index (χ3v) is 5.20. The Hall–Kier alpha value is -2.36. The van der Waals surface area contributed by atoms with E-state index >= 15 is 0 Å². The molecule has 3 rings (SSSR count). The van der Waals surface area contributed by atoms with Gasteiger partial charge in [-0.3, -0.25) is 0 Å². The number of ether oxygens (including phenoxy) is 1. The Bertz CT molecular complexity index is 1000. The van der Waals surface area contributed by atoms with Gasteiger partial charge < -0.3 is 8.92 Å². The molecule has 2 aromatic rings. The van der Waals surface area contributed by atoms with E-state index in [-0.39, 0.29) is 17.7 Å². The molecule has 1 aliphatic carbocycles. The molecule has 0 amide bonds. The number of aryl methyl sites for hydroxylation is 1. The number of carbonyl (C=O) groups is 1. The van der Waals surface area contributed by atoms with Crippen LogP contribution in [0.1, 0.15) is 41.3 Å². The fraction of sp³-hybridized carbons (Fsp3) is 0.412. The molecule has 1 aromatic carbocycles. The van der Waals surface area contributed by atoms with Crippen LogP contribution in [0.4, 0.5) is 13.2 Å². The third kappa shape index (κ3) is 3.71. The molecule has 0 atom stereocenters. The lowest BCUT2D eigenvalue weighted by Gasteiger charge is -2.21. The van der Waals surface area contributed by atoms with E-state index in [2.05, 4.69) is 9.17 Å². The first kappa shape index (κ1) is 19.4. The van der Waals surface area contributed by atoms with Gasteiger partial charge >= 0.3 is 21.6 Å². The van der Waals surface area contributed by atoms with E-state index in [0.29, 0.717) is 35.8 Å². The zero-order valence-electron chi connectivity index (χ0n) is 14.3. The number of fused-ring (bicyclic) bond motifs is 3. The van der Waals surface area contributed by atoms with E-state index in [4.69, 9.17) is 4.74 Å². The zero-order valence-corrected chi connectivity index (χ0v) is 15.1. The summed E-state index contributed by atoms with van der Waals surface area (Å²) in [6.07, 6.45) is 2.30. The SMILES string of the molecule is CCOC(=O)c1ccc2nc(OS(=O)(=O)C(F)(F)F)c3c(c2c1)CCCC3. The van der Waals surface area contributed by atoms with Gasteiger partial charge in [0.25, 0.3) is 0 Å². The number of pyridine rings is 1. The van der Waals surface area contributed by atoms with Crippen molar-refractivity contribution >= 4 is 27.0 Å². The first-order valence-corrected chi connectivity index (χ1v) is 9.68. The van der Waals surface area contributed by atoms with E-state index < -0.39 is 27.5 Å². The summed E-state index contributed by atoms with van der Waals surface area (Å²) in [5, 5.41) is 0.576. The van der Waals surface area contributed by atoms with Crippen LogP contribution >= 0.6 is 0 Å². The number of benzene rings is 1. The summed E-state index contributed by atoms with van der Waals surface area (Å²) in [5.41, 5.74) is -4.04.